The fourth-order valence-electron chi connectivity index (χ4n) is 3.44. The lowest BCUT2D eigenvalue weighted by Gasteiger charge is -2.51. The number of aliphatic hydroxyl groups is 2. The van der Waals surface area contributed by atoms with E-state index >= 15 is 0 Å². The summed E-state index contributed by atoms with van der Waals surface area (Å²) < 4.78 is 44.0. The van der Waals surface area contributed by atoms with Crippen LogP contribution in [0.25, 0.3) is 0 Å². The maximum Gasteiger partial charge on any atom is 0.451 e. The Labute approximate surface area is 137 Å². The monoisotopic (exact) mass is 347 g/mol. The second-order valence-corrected chi connectivity index (χ2v) is 6.65. The number of aliphatic hydroxyl groups excluding tert-OH is 1. The maximum atomic E-state index is 12.7. The summed E-state index contributed by atoms with van der Waals surface area (Å²) in [6, 6.07) is 1.43. The van der Waals surface area contributed by atoms with Gasteiger partial charge in [0.15, 0.2) is 0 Å². The van der Waals surface area contributed by atoms with E-state index in [9.17, 15) is 23.4 Å². The summed E-state index contributed by atoms with van der Waals surface area (Å²) in [6.45, 7) is 2.67. The molecule has 9 heteroatoms. The Bertz CT molecular complexity index is 601. The van der Waals surface area contributed by atoms with E-state index in [2.05, 4.69) is 9.97 Å². The van der Waals surface area contributed by atoms with Crippen LogP contribution in [0.3, 0.4) is 0 Å². The Morgan fingerprint density at radius 3 is 2.58 bits per heavy atom. The molecule has 2 saturated heterocycles. The number of anilines is 1. The largest absolute Gasteiger partial charge is 0.451 e. The molecule has 1 aromatic heterocycles. The third-order valence-corrected chi connectivity index (χ3v) is 4.91. The van der Waals surface area contributed by atoms with Crippen LogP contribution in [0.15, 0.2) is 12.3 Å². The van der Waals surface area contributed by atoms with Crippen molar-refractivity contribution in [3.63, 3.8) is 0 Å². The molecule has 2 atom stereocenters. The van der Waals surface area contributed by atoms with Gasteiger partial charge in [0.2, 0.25) is 5.82 Å². The van der Waals surface area contributed by atoms with Crippen molar-refractivity contribution >= 4 is 5.82 Å². The minimum atomic E-state index is -4.59. The summed E-state index contributed by atoms with van der Waals surface area (Å²) in [5.41, 5.74) is -2.09. The van der Waals surface area contributed by atoms with Crippen LogP contribution in [0.1, 0.15) is 32.0 Å². The van der Waals surface area contributed by atoms with Gasteiger partial charge < -0.3 is 19.8 Å². The first-order valence-electron chi connectivity index (χ1n) is 7.84. The summed E-state index contributed by atoms with van der Waals surface area (Å²) in [7, 11) is 0. The van der Waals surface area contributed by atoms with Crippen LogP contribution in [0, 0.1) is 0 Å². The number of piperidine rings is 1. The Morgan fingerprint density at radius 1 is 1.29 bits per heavy atom. The fourth-order valence-corrected chi connectivity index (χ4v) is 3.44. The molecule has 0 bridgehead atoms. The van der Waals surface area contributed by atoms with Gasteiger partial charge in [0, 0.05) is 25.7 Å². The zero-order chi connectivity index (χ0) is 17.6. The number of ether oxygens (including phenoxy) is 1. The molecule has 24 heavy (non-hydrogen) atoms. The van der Waals surface area contributed by atoms with Crippen molar-refractivity contribution in [2.75, 3.05) is 24.6 Å². The van der Waals surface area contributed by atoms with E-state index in [1.54, 1.807) is 11.8 Å². The van der Waals surface area contributed by atoms with Crippen LogP contribution in [0.2, 0.25) is 0 Å². The van der Waals surface area contributed by atoms with Gasteiger partial charge in [-0.15, -0.1) is 0 Å². The van der Waals surface area contributed by atoms with Crippen molar-refractivity contribution < 1.29 is 28.1 Å². The smallest absolute Gasteiger partial charge is 0.387 e. The Morgan fingerprint density at radius 2 is 1.96 bits per heavy atom. The molecule has 2 fully saturated rings. The summed E-state index contributed by atoms with van der Waals surface area (Å²) in [4.78, 5) is 8.56. The molecule has 0 amide bonds. The molecule has 1 spiro atoms. The quantitative estimate of drug-likeness (QED) is 0.799. The fraction of sp³-hybridized carbons (Fsp3) is 0.733. The first kappa shape index (κ1) is 17.4. The van der Waals surface area contributed by atoms with Crippen molar-refractivity contribution in [2.45, 2.75) is 49.7 Å². The maximum absolute atomic E-state index is 12.7. The lowest BCUT2D eigenvalue weighted by molar-refractivity contribution is -0.239. The van der Waals surface area contributed by atoms with Crippen LogP contribution >= 0.6 is 0 Å². The molecule has 0 aromatic carbocycles. The van der Waals surface area contributed by atoms with Gasteiger partial charge >= 0.3 is 6.18 Å². The highest BCUT2D eigenvalue weighted by Crippen LogP contribution is 2.40. The molecule has 0 unspecified atom stereocenters. The first-order chi connectivity index (χ1) is 11.1. The number of hydrogen-bond acceptors (Lipinski definition) is 6. The van der Waals surface area contributed by atoms with Gasteiger partial charge in [-0.25, -0.2) is 9.97 Å². The van der Waals surface area contributed by atoms with Gasteiger partial charge in [-0.2, -0.15) is 13.2 Å². The van der Waals surface area contributed by atoms with Gasteiger partial charge in [-0.1, -0.05) is 0 Å². The number of hydrogen-bond donors (Lipinski definition) is 2. The molecule has 2 aliphatic rings. The van der Waals surface area contributed by atoms with Gasteiger partial charge in [-0.3, -0.25) is 0 Å². The van der Waals surface area contributed by atoms with Crippen LogP contribution in [-0.4, -0.2) is 57.2 Å². The van der Waals surface area contributed by atoms with E-state index in [4.69, 9.17) is 4.74 Å². The number of halogens is 3. The highest BCUT2D eigenvalue weighted by atomic mass is 19.4. The topological polar surface area (TPSA) is 78.7 Å². The minimum absolute atomic E-state index is 0.198. The Kier molecular flexibility index (Phi) is 4.21. The number of rotatable bonds is 1. The normalized spacial score (nSPS) is 30.6. The van der Waals surface area contributed by atoms with E-state index in [1.165, 1.54) is 6.07 Å². The van der Waals surface area contributed by atoms with Gasteiger partial charge in [0.25, 0.3) is 0 Å². The molecular formula is C15H20F3N3O3. The Hall–Kier alpha value is -1.45. The molecule has 0 aliphatic carbocycles. The minimum Gasteiger partial charge on any atom is -0.387 e. The van der Waals surface area contributed by atoms with Crippen molar-refractivity contribution in [2.24, 2.45) is 0 Å². The first-order valence-corrected chi connectivity index (χ1v) is 7.84. The molecule has 3 heterocycles. The van der Waals surface area contributed by atoms with E-state index in [0.717, 1.165) is 6.20 Å². The molecule has 0 radical (unpaired) electrons. The van der Waals surface area contributed by atoms with Gasteiger partial charge in [0.05, 0.1) is 12.2 Å². The molecular weight excluding hydrogens is 327 g/mol. The molecule has 1 aromatic rings. The molecule has 6 nitrogen and oxygen atoms in total. The zero-order valence-electron chi connectivity index (χ0n) is 13.3. The van der Waals surface area contributed by atoms with E-state index < -0.39 is 29.3 Å². The van der Waals surface area contributed by atoms with Crippen LogP contribution in [0.4, 0.5) is 19.0 Å². The Balaban J connectivity index is 1.74. The van der Waals surface area contributed by atoms with Crippen LogP contribution in [-0.2, 0) is 10.9 Å². The van der Waals surface area contributed by atoms with E-state index in [-0.39, 0.29) is 5.82 Å². The number of alkyl halides is 3. The average Bonchev–Trinajstić information content (AvgIpc) is 2.53. The van der Waals surface area contributed by atoms with Crippen molar-refractivity contribution in [3.05, 3.63) is 18.1 Å². The van der Waals surface area contributed by atoms with E-state index in [1.807, 2.05) is 0 Å². The van der Waals surface area contributed by atoms with Gasteiger partial charge in [0.1, 0.15) is 17.5 Å². The molecule has 0 saturated carbocycles. The average molecular weight is 347 g/mol. The zero-order valence-corrected chi connectivity index (χ0v) is 13.3. The second kappa shape index (κ2) is 5.82. The molecule has 2 N–H and O–H groups in total. The van der Waals surface area contributed by atoms with E-state index in [0.29, 0.717) is 39.0 Å². The SMILES string of the molecule is C[C@@]1(O)CCOC2(CCN(c3ccnc(C(F)(F)F)n3)CC2)[C@H]1O. The summed E-state index contributed by atoms with van der Waals surface area (Å²) in [6.07, 6.45) is -3.39. The lowest BCUT2D eigenvalue weighted by Crippen LogP contribution is -2.64. The van der Waals surface area contributed by atoms with Crippen LogP contribution in [0.5, 0.6) is 0 Å². The third-order valence-electron chi connectivity index (χ3n) is 4.91. The summed E-state index contributed by atoms with van der Waals surface area (Å²) in [5, 5.41) is 20.7. The summed E-state index contributed by atoms with van der Waals surface area (Å²) in [5.74, 6) is -0.971. The van der Waals surface area contributed by atoms with Crippen molar-refractivity contribution in [1.29, 1.82) is 0 Å². The predicted molar refractivity (Wildman–Crippen MR) is 78.4 cm³/mol. The van der Waals surface area contributed by atoms with Crippen molar-refractivity contribution in [1.82, 2.24) is 9.97 Å². The number of aromatic nitrogens is 2. The third kappa shape index (κ3) is 3.07. The highest BCUT2D eigenvalue weighted by molar-refractivity contribution is 5.39. The molecule has 134 valence electrons. The molecule has 3 rings (SSSR count). The van der Waals surface area contributed by atoms with Crippen molar-refractivity contribution in [3.8, 4) is 0 Å². The standard InChI is InChI=1S/C15H20F3N3O3/c1-13(23)5-9-24-14(11(13)22)3-7-21(8-4-14)10-2-6-19-12(20-10)15(16,17)18/h2,6,11,22-23H,3-5,7-9H2,1H3/t11-,13+/m0/s1. The number of nitrogens with zero attached hydrogens (tertiary/aromatic N) is 3. The highest BCUT2D eigenvalue weighted by Gasteiger charge is 2.52. The molecule has 2 aliphatic heterocycles. The summed E-state index contributed by atoms with van der Waals surface area (Å²) >= 11 is 0. The second-order valence-electron chi connectivity index (χ2n) is 6.65. The predicted octanol–water partition coefficient (Wildman–Crippen LogP) is 1.37. The van der Waals surface area contributed by atoms with Crippen LogP contribution < -0.4 is 4.90 Å². The van der Waals surface area contributed by atoms with Gasteiger partial charge in [-0.05, 0) is 25.8 Å². The lowest BCUT2D eigenvalue weighted by atomic mass is 9.75.